The van der Waals surface area contributed by atoms with Crippen molar-refractivity contribution in [3.05, 3.63) is 40.7 Å². The maximum Gasteiger partial charge on any atom is 0.251 e. The number of aryl methyl sites for hydroxylation is 1. The Kier molecular flexibility index (Phi) is 7.80. The van der Waals surface area contributed by atoms with Gasteiger partial charge in [-0.05, 0) is 37.1 Å². The molecule has 3 aromatic rings. The first-order valence-electron chi connectivity index (χ1n) is 9.85. The van der Waals surface area contributed by atoms with Crippen LogP contribution in [0.15, 0.2) is 29.4 Å². The third-order valence-electron chi connectivity index (χ3n) is 4.56. The molecular formula is C20H25N7O3S2. The third kappa shape index (κ3) is 5.82. The summed E-state index contributed by atoms with van der Waals surface area (Å²) in [5.41, 5.74) is 0.525. The van der Waals surface area contributed by atoms with Crippen LogP contribution in [0.2, 0.25) is 0 Å². The van der Waals surface area contributed by atoms with Crippen LogP contribution in [-0.4, -0.2) is 49.6 Å². The van der Waals surface area contributed by atoms with E-state index in [1.807, 2.05) is 27.8 Å². The molecule has 2 heterocycles. The average Bonchev–Trinajstić information content (AvgIpc) is 3.35. The highest BCUT2D eigenvalue weighted by atomic mass is 32.2. The van der Waals surface area contributed by atoms with Gasteiger partial charge in [-0.3, -0.25) is 14.9 Å². The number of nitrogens with zero attached hydrogens (tertiary/aromatic N) is 5. The molecule has 170 valence electrons. The lowest BCUT2D eigenvalue weighted by Gasteiger charge is -2.21. The van der Waals surface area contributed by atoms with Gasteiger partial charge in [-0.25, -0.2) is 0 Å². The number of hydrogen-bond acceptors (Lipinski definition) is 9. The molecule has 0 unspecified atom stereocenters. The summed E-state index contributed by atoms with van der Waals surface area (Å²) in [5.74, 6) is 1.10. The molecule has 10 nitrogen and oxygen atoms in total. The van der Waals surface area contributed by atoms with Gasteiger partial charge >= 0.3 is 0 Å². The van der Waals surface area contributed by atoms with E-state index in [2.05, 4.69) is 31.0 Å². The molecule has 2 amide bonds. The van der Waals surface area contributed by atoms with Crippen molar-refractivity contribution in [2.24, 2.45) is 13.0 Å². The first-order chi connectivity index (χ1) is 15.3. The minimum absolute atomic E-state index is 0.0712. The number of amides is 2. The van der Waals surface area contributed by atoms with Crippen LogP contribution in [0.3, 0.4) is 0 Å². The normalized spacial score (nSPS) is 11.9. The lowest BCUT2D eigenvalue weighted by atomic mass is 10.0. The lowest BCUT2D eigenvalue weighted by Crippen LogP contribution is -2.33. The van der Waals surface area contributed by atoms with E-state index in [4.69, 9.17) is 4.74 Å². The molecule has 1 atom stereocenters. The Hall–Kier alpha value is -2.99. The summed E-state index contributed by atoms with van der Waals surface area (Å²) >= 11 is 2.57. The summed E-state index contributed by atoms with van der Waals surface area (Å²) < 4.78 is 6.94. The minimum Gasteiger partial charge on any atom is -0.497 e. The number of anilines is 1. The molecule has 32 heavy (non-hydrogen) atoms. The lowest BCUT2D eigenvalue weighted by molar-refractivity contribution is -0.113. The van der Waals surface area contributed by atoms with Crippen LogP contribution < -0.4 is 15.4 Å². The smallest absolute Gasteiger partial charge is 0.251 e. The van der Waals surface area contributed by atoms with E-state index in [-0.39, 0.29) is 29.5 Å². The van der Waals surface area contributed by atoms with Crippen molar-refractivity contribution >= 4 is 40.0 Å². The Morgan fingerprint density at radius 1 is 1.16 bits per heavy atom. The summed E-state index contributed by atoms with van der Waals surface area (Å²) in [7, 11) is 3.40. The number of benzene rings is 1. The molecular weight excluding hydrogens is 450 g/mol. The van der Waals surface area contributed by atoms with Crippen molar-refractivity contribution in [1.29, 1.82) is 0 Å². The zero-order chi connectivity index (χ0) is 23.3. The van der Waals surface area contributed by atoms with E-state index < -0.39 is 0 Å². The van der Waals surface area contributed by atoms with Crippen LogP contribution in [0.25, 0.3) is 0 Å². The topological polar surface area (TPSA) is 124 Å². The molecule has 0 fully saturated rings. The molecule has 12 heteroatoms. The molecule has 0 aliphatic rings. The van der Waals surface area contributed by atoms with E-state index in [0.717, 1.165) is 5.01 Å². The largest absolute Gasteiger partial charge is 0.497 e. The van der Waals surface area contributed by atoms with Gasteiger partial charge < -0.3 is 14.6 Å². The maximum absolute atomic E-state index is 12.8. The Morgan fingerprint density at radius 2 is 1.88 bits per heavy atom. The Bertz CT molecular complexity index is 1080. The number of carbonyl (C=O) groups excluding carboxylic acids is 2. The Morgan fingerprint density at radius 3 is 2.47 bits per heavy atom. The fraction of sp³-hybridized carbons (Fsp3) is 0.400. The van der Waals surface area contributed by atoms with Crippen molar-refractivity contribution in [1.82, 2.24) is 30.3 Å². The number of hydrogen-bond donors (Lipinski definition) is 2. The molecule has 0 saturated carbocycles. The predicted octanol–water partition coefficient (Wildman–Crippen LogP) is 2.84. The molecule has 0 aliphatic carbocycles. The van der Waals surface area contributed by atoms with Gasteiger partial charge in [-0.1, -0.05) is 36.9 Å². The number of methoxy groups -OCH3 is 1. The summed E-state index contributed by atoms with van der Waals surface area (Å²) in [6.07, 6.45) is 0. The van der Waals surface area contributed by atoms with Gasteiger partial charge in [0.15, 0.2) is 11.0 Å². The van der Waals surface area contributed by atoms with Crippen molar-refractivity contribution in [2.75, 3.05) is 18.2 Å². The molecule has 0 bridgehead atoms. The van der Waals surface area contributed by atoms with Crippen LogP contribution in [0.1, 0.15) is 41.1 Å². The van der Waals surface area contributed by atoms with Crippen molar-refractivity contribution < 1.29 is 14.3 Å². The standard InChI is InChI=1S/C20H25N7O3S2/c1-11(2)16(22-18(29)13-6-8-14(30-5)9-7-13)17-24-26-20(27(17)4)31-10-15(28)21-19-25-23-12(3)32-19/h6-9,11,16H,10H2,1-5H3,(H,22,29)(H,21,25,28)/t16-/m1/s1. The van der Waals surface area contributed by atoms with Gasteiger partial charge in [0, 0.05) is 12.6 Å². The Balaban J connectivity index is 1.65. The summed E-state index contributed by atoms with van der Waals surface area (Å²) in [5, 5.41) is 23.8. The quantitative estimate of drug-likeness (QED) is 0.453. The second kappa shape index (κ2) is 10.6. The fourth-order valence-corrected chi connectivity index (χ4v) is 4.18. The first-order valence-corrected chi connectivity index (χ1v) is 11.7. The molecule has 3 rings (SSSR count). The number of ether oxygens (including phenoxy) is 1. The van der Waals surface area contributed by atoms with Crippen molar-refractivity contribution in [3.8, 4) is 5.75 Å². The predicted molar refractivity (Wildman–Crippen MR) is 123 cm³/mol. The van der Waals surface area contributed by atoms with Gasteiger partial charge in [0.2, 0.25) is 11.0 Å². The van der Waals surface area contributed by atoms with Gasteiger partial charge in [-0.2, -0.15) is 0 Å². The first kappa shape index (κ1) is 23.7. The molecule has 1 aromatic carbocycles. The second-order valence-electron chi connectivity index (χ2n) is 7.29. The van der Waals surface area contributed by atoms with Crippen LogP contribution >= 0.6 is 23.1 Å². The van der Waals surface area contributed by atoms with E-state index in [0.29, 0.717) is 27.4 Å². The number of nitrogens with one attached hydrogen (secondary N) is 2. The van der Waals surface area contributed by atoms with Crippen LogP contribution in [-0.2, 0) is 11.8 Å². The number of aromatic nitrogens is 5. The third-order valence-corrected chi connectivity index (χ3v) is 6.33. The second-order valence-corrected chi connectivity index (χ2v) is 9.41. The molecule has 0 radical (unpaired) electrons. The zero-order valence-electron chi connectivity index (χ0n) is 18.4. The zero-order valence-corrected chi connectivity index (χ0v) is 20.1. The highest BCUT2D eigenvalue weighted by Crippen LogP contribution is 2.25. The molecule has 0 aliphatic heterocycles. The highest BCUT2D eigenvalue weighted by molar-refractivity contribution is 7.99. The SMILES string of the molecule is COc1ccc(C(=O)N[C@@H](c2nnc(SCC(=O)Nc3nnc(C)s3)n2C)C(C)C)cc1. The van der Waals surface area contributed by atoms with Gasteiger partial charge in [0.05, 0.1) is 18.9 Å². The van der Waals surface area contributed by atoms with Crippen LogP contribution in [0, 0.1) is 12.8 Å². The van der Waals surface area contributed by atoms with Crippen molar-refractivity contribution in [3.63, 3.8) is 0 Å². The average molecular weight is 476 g/mol. The van der Waals surface area contributed by atoms with Crippen LogP contribution in [0.5, 0.6) is 5.75 Å². The van der Waals surface area contributed by atoms with Gasteiger partial charge in [-0.15, -0.1) is 20.4 Å². The molecule has 2 aromatic heterocycles. The van der Waals surface area contributed by atoms with E-state index in [1.165, 1.54) is 23.1 Å². The highest BCUT2D eigenvalue weighted by Gasteiger charge is 2.25. The number of thioether (sulfide) groups is 1. The van der Waals surface area contributed by atoms with E-state index in [9.17, 15) is 9.59 Å². The molecule has 0 spiro atoms. The van der Waals surface area contributed by atoms with Crippen molar-refractivity contribution in [2.45, 2.75) is 32.0 Å². The summed E-state index contributed by atoms with van der Waals surface area (Å²) in [6.45, 7) is 5.82. The fourth-order valence-electron chi connectivity index (χ4n) is 2.85. The summed E-state index contributed by atoms with van der Waals surface area (Å²) in [6, 6.07) is 6.55. The van der Waals surface area contributed by atoms with Crippen LogP contribution in [0.4, 0.5) is 5.13 Å². The monoisotopic (exact) mass is 475 g/mol. The molecule has 2 N–H and O–H groups in total. The number of carbonyl (C=O) groups is 2. The van der Waals surface area contributed by atoms with Gasteiger partial charge in [0.1, 0.15) is 10.8 Å². The van der Waals surface area contributed by atoms with E-state index in [1.54, 1.807) is 35.9 Å². The number of rotatable bonds is 9. The Labute approximate surface area is 194 Å². The van der Waals surface area contributed by atoms with E-state index >= 15 is 0 Å². The summed E-state index contributed by atoms with van der Waals surface area (Å²) in [4.78, 5) is 25.0. The molecule has 0 saturated heterocycles. The maximum atomic E-state index is 12.8. The minimum atomic E-state index is -0.352. The van der Waals surface area contributed by atoms with Gasteiger partial charge in [0.25, 0.3) is 5.91 Å².